The molecule has 0 aliphatic heterocycles. The van der Waals surface area contributed by atoms with E-state index < -0.39 is 0 Å². The van der Waals surface area contributed by atoms with Crippen molar-refractivity contribution < 1.29 is 9.47 Å². The van der Waals surface area contributed by atoms with Gasteiger partial charge in [-0.15, -0.1) is 0 Å². The summed E-state index contributed by atoms with van der Waals surface area (Å²) >= 11 is 0. The van der Waals surface area contributed by atoms with Crippen LogP contribution in [0.4, 0.5) is 5.95 Å². The summed E-state index contributed by atoms with van der Waals surface area (Å²) < 4.78 is 11.9. The number of imidazole rings is 1. The monoisotopic (exact) mass is 428 g/mol. The van der Waals surface area contributed by atoms with Crippen molar-refractivity contribution in [2.24, 2.45) is 5.10 Å². The molecule has 32 heavy (non-hydrogen) atoms. The highest BCUT2D eigenvalue weighted by Gasteiger charge is 2.08. The van der Waals surface area contributed by atoms with Crippen molar-refractivity contribution in [3.05, 3.63) is 82.4 Å². The molecule has 0 amide bonds. The third kappa shape index (κ3) is 5.09. The Morgan fingerprint density at radius 3 is 2.59 bits per heavy atom. The standard InChI is InChI=1S/C26H28N4O2/c1-5-31-25-14-20(9-11-24(25)32-16-21-12-17(2)6-8-19(21)4)15-27-30-26-28-22-10-7-18(3)13-23(22)29-26/h6-15H,5,16H2,1-4H3,(H2,28,29,30)/b27-15-. The van der Waals surface area contributed by atoms with E-state index >= 15 is 0 Å². The van der Waals surface area contributed by atoms with Gasteiger partial charge >= 0.3 is 0 Å². The van der Waals surface area contributed by atoms with Gasteiger partial charge in [-0.2, -0.15) is 5.10 Å². The van der Waals surface area contributed by atoms with Gasteiger partial charge in [-0.1, -0.05) is 29.8 Å². The first-order chi connectivity index (χ1) is 15.5. The second-order valence-corrected chi connectivity index (χ2v) is 7.83. The van der Waals surface area contributed by atoms with Gasteiger partial charge in [-0.25, -0.2) is 10.4 Å². The van der Waals surface area contributed by atoms with Crippen molar-refractivity contribution in [3.8, 4) is 11.5 Å². The van der Waals surface area contributed by atoms with E-state index in [0.717, 1.165) is 16.6 Å². The van der Waals surface area contributed by atoms with Gasteiger partial charge in [-0.05, 0) is 80.3 Å². The van der Waals surface area contributed by atoms with Gasteiger partial charge < -0.3 is 14.5 Å². The number of hydrogen-bond donors (Lipinski definition) is 2. The summed E-state index contributed by atoms with van der Waals surface area (Å²) in [5.41, 5.74) is 10.5. The third-order valence-corrected chi connectivity index (χ3v) is 5.18. The number of hydrogen-bond acceptors (Lipinski definition) is 5. The predicted molar refractivity (Wildman–Crippen MR) is 130 cm³/mol. The Morgan fingerprint density at radius 1 is 0.938 bits per heavy atom. The third-order valence-electron chi connectivity index (χ3n) is 5.18. The van der Waals surface area contributed by atoms with Gasteiger partial charge in [0.15, 0.2) is 11.5 Å². The van der Waals surface area contributed by atoms with E-state index in [4.69, 9.17) is 9.47 Å². The first-order valence-corrected chi connectivity index (χ1v) is 10.7. The number of hydrazone groups is 1. The van der Waals surface area contributed by atoms with Crippen molar-refractivity contribution in [2.75, 3.05) is 12.0 Å². The Morgan fingerprint density at radius 2 is 1.75 bits per heavy atom. The van der Waals surface area contributed by atoms with Gasteiger partial charge in [0.1, 0.15) is 6.61 Å². The summed E-state index contributed by atoms with van der Waals surface area (Å²) in [6.07, 6.45) is 1.73. The SMILES string of the molecule is CCOc1cc(/C=N\Nc2nc3ccc(C)cc3[nH]2)ccc1OCc1cc(C)ccc1C. The molecule has 0 atom stereocenters. The zero-order valence-corrected chi connectivity index (χ0v) is 18.9. The average molecular weight is 429 g/mol. The van der Waals surface area contributed by atoms with Crippen LogP contribution in [0.15, 0.2) is 59.7 Å². The van der Waals surface area contributed by atoms with Crippen molar-refractivity contribution in [1.29, 1.82) is 0 Å². The molecule has 0 aliphatic rings. The minimum Gasteiger partial charge on any atom is -0.490 e. The fraction of sp³-hybridized carbons (Fsp3) is 0.231. The second kappa shape index (κ2) is 9.56. The normalized spacial score (nSPS) is 11.2. The fourth-order valence-corrected chi connectivity index (χ4v) is 3.45. The molecule has 0 unspecified atom stereocenters. The van der Waals surface area contributed by atoms with E-state index in [1.165, 1.54) is 22.3 Å². The lowest BCUT2D eigenvalue weighted by Crippen LogP contribution is -2.02. The van der Waals surface area contributed by atoms with Crippen molar-refractivity contribution in [2.45, 2.75) is 34.3 Å². The van der Waals surface area contributed by atoms with Crippen LogP contribution in [0.2, 0.25) is 0 Å². The highest BCUT2D eigenvalue weighted by atomic mass is 16.5. The maximum Gasteiger partial charge on any atom is 0.222 e. The molecular weight excluding hydrogens is 400 g/mol. The van der Waals surface area contributed by atoms with Crippen LogP contribution in [0.3, 0.4) is 0 Å². The first kappa shape index (κ1) is 21.4. The molecule has 6 heteroatoms. The Labute approximate surface area is 188 Å². The number of aryl methyl sites for hydroxylation is 3. The van der Waals surface area contributed by atoms with Crippen LogP contribution in [0.5, 0.6) is 11.5 Å². The number of aromatic amines is 1. The Kier molecular flexibility index (Phi) is 6.40. The summed E-state index contributed by atoms with van der Waals surface area (Å²) in [5.74, 6) is 2.01. The lowest BCUT2D eigenvalue weighted by molar-refractivity contribution is 0.269. The molecule has 0 radical (unpaired) electrons. The molecule has 4 rings (SSSR count). The van der Waals surface area contributed by atoms with E-state index in [2.05, 4.69) is 65.5 Å². The number of rotatable bonds is 8. The minimum absolute atomic E-state index is 0.494. The van der Waals surface area contributed by atoms with Crippen molar-refractivity contribution >= 4 is 23.2 Å². The zero-order chi connectivity index (χ0) is 22.5. The van der Waals surface area contributed by atoms with Gasteiger partial charge in [0.05, 0.1) is 23.9 Å². The van der Waals surface area contributed by atoms with Gasteiger partial charge in [0.25, 0.3) is 0 Å². The molecule has 0 saturated heterocycles. The lowest BCUT2D eigenvalue weighted by atomic mass is 10.1. The zero-order valence-electron chi connectivity index (χ0n) is 18.9. The van der Waals surface area contributed by atoms with E-state index in [-0.39, 0.29) is 0 Å². The number of ether oxygens (including phenoxy) is 2. The van der Waals surface area contributed by atoms with E-state index in [1.807, 2.05) is 37.3 Å². The summed E-state index contributed by atoms with van der Waals surface area (Å²) in [5, 5.41) is 4.31. The van der Waals surface area contributed by atoms with Crippen molar-refractivity contribution in [1.82, 2.24) is 9.97 Å². The fourth-order valence-electron chi connectivity index (χ4n) is 3.45. The van der Waals surface area contributed by atoms with Crippen LogP contribution < -0.4 is 14.9 Å². The largest absolute Gasteiger partial charge is 0.490 e. The highest BCUT2D eigenvalue weighted by Crippen LogP contribution is 2.29. The summed E-state index contributed by atoms with van der Waals surface area (Å²) in [6.45, 7) is 9.24. The summed E-state index contributed by atoms with van der Waals surface area (Å²) in [7, 11) is 0. The molecule has 4 aromatic rings. The van der Waals surface area contributed by atoms with Gasteiger partial charge in [-0.3, -0.25) is 0 Å². The Hall–Kier alpha value is -3.80. The second-order valence-electron chi connectivity index (χ2n) is 7.83. The smallest absolute Gasteiger partial charge is 0.222 e. The molecular formula is C26H28N4O2. The number of anilines is 1. The van der Waals surface area contributed by atoms with Crippen LogP contribution in [0.25, 0.3) is 11.0 Å². The Bertz CT molecular complexity index is 1260. The summed E-state index contributed by atoms with van der Waals surface area (Å²) in [4.78, 5) is 7.71. The molecule has 0 bridgehead atoms. The lowest BCUT2D eigenvalue weighted by Gasteiger charge is -2.14. The molecule has 6 nitrogen and oxygen atoms in total. The number of nitrogens with one attached hydrogen (secondary N) is 2. The molecule has 0 saturated carbocycles. The van der Waals surface area contributed by atoms with Gasteiger partial charge in [0.2, 0.25) is 5.95 Å². The number of nitrogens with zero attached hydrogens (tertiary/aromatic N) is 2. The maximum atomic E-state index is 6.08. The first-order valence-electron chi connectivity index (χ1n) is 10.7. The average Bonchev–Trinajstić information content (AvgIpc) is 3.17. The van der Waals surface area contributed by atoms with Crippen LogP contribution in [0.1, 0.15) is 34.7 Å². The molecule has 0 fully saturated rings. The van der Waals surface area contributed by atoms with E-state index in [0.29, 0.717) is 30.7 Å². The molecule has 1 aromatic heterocycles. The molecule has 2 N–H and O–H groups in total. The topological polar surface area (TPSA) is 71.5 Å². The number of H-pyrrole nitrogens is 1. The number of benzene rings is 3. The molecule has 0 spiro atoms. The number of aromatic nitrogens is 2. The van der Waals surface area contributed by atoms with Crippen LogP contribution in [-0.2, 0) is 6.61 Å². The maximum absolute atomic E-state index is 6.08. The van der Waals surface area contributed by atoms with Crippen molar-refractivity contribution in [3.63, 3.8) is 0 Å². The molecule has 3 aromatic carbocycles. The Balaban J connectivity index is 1.45. The van der Waals surface area contributed by atoms with Crippen LogP contribution in [-0.4, -0.2) is 22.8 Å². The van der Waals surface area contributed by atoms with E-state index in [1.54, 1.807) is 6.21 Å². The minimum atomic E-state index is 0.494. The number of fused-ring (bicyclic) bond motifs is 1. The highest BCUT2D eigenvalue weighted by molar-refractivity contribution is 5.82. The molecule has 1 heterocycles. The predicted octanol–water partition coefficient (Wildman–Crippen LogP) is 5.91. The van der Waals surface area contributed by atoms with Crippen LogP contribution in [0, 0.1) is 20.8 Å². The molecule has 0 aliphatic carbocycles. The molecule has 164 valence electrons. The van der Waals surface area contributed by atoms with E-state index in [9.17, 15) is 0 Å². The quantitative estimate of drug-likeness (QED) is 0.270. The van der Waals surface area contributed by atoms with Crippen LogP contribution >= 0.6 is 0 Å². The summed E-state index contributed by atoms with van der Waals surface area (Å²) in [6, 6.07) is 18.3. The van der Waals surface area contributed by atoms with Gasteiger partial charge in [0, 0.05) is 0 Å².